The van der Waals surface area contributed by atoms with Crippen molar-refractivity contribution in [2.45, 2.75) is 65.4 Å². The maximum atomic E-state index is 10.1. The lowest BCUT2D eigenvalue weighted by atomic mass is 9.53. The highest BCUT2D eigenvalue weighted by Gasteiger charge is 2.52. The lowest BCUT2D eigenvalue weighted by Crippen LogP contribution is -2.48. The maximum Gasteiger partial charge on any atom is 0.0585 e. The van der Waals surface area contributed by atoms with Crippen molar-refractivity contribution in [3.63, 3.8) is 0 Å². The van der Waals surface area contributed by atoms with Crippen LogP contribution >= 0.6 is 12.2 Å². The van der Waals surface area contributed by atoms with E-state index >= 15 is 0 Å². The Labute approximate surface area is 169 Å². The van der Waals surface area contributed by atoms with E-state index in [0.29, 0.717) is 30.7 Å². The van der Waals surface area contributed by atoms with Crippen LogP contribution in [0.15, 0.2) is 16.1 Å². The summed E-state index contributed by atoms with van der Waals surface area (Å²) in [4.78, 5) is 4.26. The molecule has 0 saturated heterocycles. The predicted molar refractivity (Wildman–Crippen MR) is 113 cm³/mol. The van der Waals surface area contributed by atoms with Gasteiger partial charge in [0.25, 0.3) is 0 Å². The number of allylic oxidation sites excluding steroid dienone is 1. The Bertz CT molecular complexity index is 640. The fourth-order valence-electron chi connectivity index (χ4n) is 6.61. The number of nitrogens with zero attached hydrogens (tertiary/aromatic N) is 1. The normalized spacial score (nSPS) is 41.2. The highest BCUT2D eigenvalue weighted by atomic mass is 32.1. The van der Waals surface area contributed by atoms with E-state index in [9.17, 15) is 10.2 Å². The molecule has 4 nitrogen and oxygen atoms in total. The van der Waals surface area contributed by atoms with Crippen LogP contribution in [-0.4, -0.2) is 41.2 Å². The predicted octanol–water partition coefficient (Wildman–Crippen LogP) is 3.58. The van der Waals surface area contributed by atoms with E-state index in [-0.39, 0.29) is 29.5 Å². The minimum atomic E-state index is -0.271. The molecular weight excluding hydrogens is 356 g/mol. The molecule has 0 radical (unpaired) electrons. The van der Waals surface area contributed by atoms with Crippen molar-refractivity contribution in [3.8, 4) is 0 Å². The van der Waals surface area contributed by atoms with Gasteiger partial charge in [-0.15, -0.1) is 0 Å². The molecule has 0 spiro atoms. The zero-order valence-corrected chi connectivity index (χ0v) is 17.9. The first-order chi connectivity index (χ1) is 12.8. The molecule has 6 atom stereocenters. The van der Waals surface area contributed by atoms with Crippen LogP contribution in [0.4, 0.5) is 0 Å². The van der Waals surface area contributed by atoms with Crippen molar-refractivity contribution in [3.05, 3.63) is 11.1 Å². The van der Waals surface area contributed by atoms with Gasteiger partial charge in [-0.25, -0.2) is 4.99 Å². The quantitative estimate of drug-likeness (QED) is 0.380. The Balaban J connectivity index is 1.91. The minimum absolute atomic E-state index is 0.0469. The smallest absolute Gasteiger partial charge is 0.0585 e. The Morgan fingerprint density at radius 1 is 1.26 bits per heavy atom. The topological polar surface area (TPSA) is 78.8 Å². The van der Waals surface area contributed by atoms with Gasteiger partial charge in [-0.1, -0.05) is 31.9 Å². The highest BCUT2D eigenvalue weighted by Crippen LogP contribution is 2.60. The van der Waals surface area contributed by atoms with E-state index < -0.39 is 0 Å². The summed E-state index contributed by atoms with van der Waals surface area (Å²) in [6.45, 7) is 8.61. The molecule has 0 aromatic heterocycles. The summed E-state index contributed by atoms with van der Waals surface area (Å²) in [5, 5.41) is 22.7. The van der Waals surface area contributed by atoms with Gasteiger partial charge in [0.15, 0.2) is 0 Å². The number of thiocarbonyl (C=S) groups is 1. The van der Waals surface area contributed by atoms with Gasteiger partial charge in [0.2, 0.25) is 0 Å². The second-order valence-corrected chi connectivity index (χ2v) is 10.0. The molecule has 0 amide bonds. The van der Waals surface area contributed by atoms with Crippen LogP contribution in [0.3, 0.4) is 0 Å². The van der Waals surface area contributed by atoms with Crippen LogP contribution in [0, 0.1) is 34.5 Å². The largest absolute Gasteiger partial charge is 0.396 e. The molecule has 5 heteroatoms. The van der Waals surface area contributed by atoms with Gasteiger partial charge in [0, 0.05) is 6.61 Å². The molecule has 1 unspecified atom stereocenters. The molecule has 0 aliphatic heterocycles. The van der Waals surface area contributed by atoms with E-state index in [2.05, 4.69) is 30.9 Å². The molecule has 0 heterocycles. The Hall–Kier alpha value is -0.580. The second-order valence-electron chi connectivity index (χ2n) is 9.86. The number of aliphatic hydroxyl groups excluding tert-OH is 2. The SMILES string of the molecule is CC1(C)C2=C(CC1CN=C=S)[C@H](CN)[C@@H]([C@@]1(C)CC[C@H](O)C[C@@H]1CO)CC2. The van der Waals surface area contributed by atoms with Gasteiger partial charge < -0.3 is 15.9 Å². The standard InChI is InChI=1S/C22H36N2O2S/c1-21(2)14(11-24-13-27)9-17-18(10-23)20(5-4-19(17)21)22(3)7-6-16(26)8-15(22)12-25/h14-16,18,20,25-26H,4-12,23H2,1-3H3/t14?,15-,16+,18+,20+,22+/m1/s1. The molecule has 152 valence electrons. The zero-order valence-electron chi connectivity index (χ0n) is 17.1. The molecule has 0 bridgehead atoms. The molecule has 4 N–H and O–H groups in total. The van der Waals surface area contributed by atoms with Crippen LogP contribution in [0.5, 0.6) is 0 Å². The highest BCUT2D eigenvalue weighted by molar-refractivity contribution is 7.78. The minimum Gasteiger partial charge on any atom is -0.396 e. The Morgan fingerprint density at radius 3 is 2.63 bits per heavy atom. The summed E-state index contributed by atoms with van der Waals surface area (Å²) in [7, 11) is 0. The van der Waals surface area contributed by atoms with Crippen LogP contribution in [0.1, 0.15) is 59.3 Å². The summed E-state index contributed by atoms with van der Waals surface area (Å²) in [6, 6.07) is 0. The lowest BCUT2D eigenvalue weighted by Gasteiger charge is -2.52. The van der Waals surface area contributed by atoms with E-state index in [0.717, 1.165) is 38.6 Å². The fourth-order valence-corrected chi connectivity index (χ4v) is 6.68. The summed E-state index contributed by atoms with van der Waals surface area (Å²) in [6.07, 6.45) is 5.57. The molecule has 27 heavy (non-hydrogen) atoms. The van der Waals surface area contributed by atoms with Crippen molar-refractivity contribution < 1.29 is 10.2 Å². The lowest BCUT2D eigenvalue weighted by molar-refractivity contribution is -0.0575. The van der Waals surface area contributed by atoms with Crippen molar-refractivity contribution in [2.75, 3.05) is 19.7 Å². The maximum absolute atomic E-state index is 10.1. The number of aliphatic imine (C=N–C) groups is 1. The van der Waals surface area contributed by atoms with E-state index in [4.69, 9.17) is 18.0 Å². The Morgan fingerprint density at radius 2 is 2.00 bits per heavy atom. The van der Waals surface area contributed by atoms with E-state index in [1.807, 2.05) is 0 Å². The summed E-state index contributed by atoms with van der Waals surface area (Å²) in [5.74, 6) is 1.49. The van der Waals surface area contributed by atoms with E-state index in [1.54, 1.807) is 11.1 Å². The van der Waals surface area contributed by atoms with Crippen molar-refractivity contribution >= 4 is 17.4 Å². The average molecular weight is 393 g/mol. The van der Waals surface area contributed by atoms with Crippen molar-refractivity contribution in [2.24, 2.45) is 45.2 Å². The number of isothiocyanates is 1. The first-order valence-corrected chi connectivity index (χ1v) is 10.9. The van der Waals surface area contributed by atoms with Gasteiger partial charge in [0.05, 0.1) is 17.8 Å². The van der Waals surface area contributed by atoms with Crippen molar-refractivity contribution in [1.29, 1.82) is 0 Å². The third-order valence-electron chi connectivity index (χ3n) is 8.49. The Kier molecular flexibility index (Phi) is 6.29. The van der Waals surface area contributed by atoms with Crippen LogP contribution < -0.4 is 5.73 Å². The molecule has 3 aliphatic carbocycles. The number of rotatable bonds is 5. The molecule has 0 aromatic rings. The zero-order chi connectivity index (χ0) is 19.8. The summed E-state index contributed by atoms with van der Waals surface area (Å²) < 4.78 is 0. The van der Waals surface area contributed by atoms with Crippen LogP contribution in [0.25, 0.3) is 0 Å². The first kappa shape index (κ1) is 21.1. The van der Waals surface area contributed by atoms with Crippen molar-refractivity contribution in [1.82, 2.24) is 0 Å². The second kappa shape index (κ2) is 8.04. The van der Waals surface area contributed by atoms with E-state index in [1.165, 1.54) is 0 Å². The number of hydrogen-bond acceptors (Lipinski definition) is 5. The van der Waals surface area contributed by atoms with Gasteiger partial charge in [-0.2, -0.15) is 0 Å². The number of hydrogen-bond donors (Lipinski definition) is 3. The number of aliphatic hydroxyl groups is 2. The van der Waals surface area contributed by atoms with Gasteiger partial charge in [-0.05, 0) is 91.8 Å². The molecule has 3 aliphatic rings. The first-order valence-electron chi connectivity index (χ1n) is 10.5. The average Bonchev–Trinajstić information content (AvgIpc) is 2.91. The van der Waals surface area contributed by atoms with Gasteiger partial charge in [-0.3, -0.25) is 0 Å². The van der Waals surface area contributed by atoms with Gasteiger partial charge >= 0.3 is 0 Å². The van der Waals surface area contributed by atoms with Gasteiger partial charge in [0.1, 0.15) is 0 Å². The molecule has 1 fully saturated rings. The summed E-state index contributed by atoms with van der Waals surface area (Å²) >= 11 is 4.80. The summed E-state index contributed by atoms with van der Waals surface area (Å²) in [5.41, 5.74) is 9.71. The molecular formula is C22H36N2O2S. The van der Waals surface area contributed by atoms with Crippen LogP contribution in [0.2, 0.25) is 0 Å². The molecule has 3 rings (SSSR count). The van der Waals surface area contributed by atoms with Crippen LogP contribution in [-0.2, 0) is 0 Å². The third-order valence-corrected chi connectivity index (χ3v) is 8.62. The molecule has 1 saturated carbocycles. The third kappa shape index (κ3) is 3.58. The number of nitrogens with two attached hydrogens (primary N) is 1. The monoisotopic (exact) mass is 392 g/mol. The molecule has 0 aromatic carbocycles. The fraction of sp³-hybridized carbons (Fsp3) is 0.864.